The van der Waals surface area contributed by atoms with Crippen LogP contribution in [-0.4, -0.2) is 24.1 Å². The summed E-state index contributed by atoms with van der Waals surface area (Å²) in [7, 11) is 0. The van der Waals surface area contributed by atoms with Crippen molar-refractivity contribution in [3.63, 3.8) is 0 Å². The van der Waals surface area contributed by atoms with Crippen LogP contribution in [0.5, 0.6) is 0 Å². The molecule has 76 valence electrons. The SMILES string of the molecule is O=C(c1ccoc1Br)N1CCCCO1. The molecule has 0 saturated carbocycles. The summed E-state index contributed by atoms with van der Waals surface area (Å²) in [5.74, 6) is -0.148. The van der Waals surface area contributed by atoms with E-state index in [0.717, 1.165) is 12.8 Å². The molecule has 0 spiro atoms. The lowest BCUT2D eigenvalue weighted by Crippen LogP contribution is -2.35. The molecule has 0 unspecified atom stereocenters. The Morgan fingerprint density at radius 1 is 1.50 bits per heavy atom. The molecule has 14 heavy (non-hydrogen) atoms. The number of hydrogen-bond donors (Lipinski definition) is 0. The minimum atomic E-state index is -0.148. The Bertz CT molecular complexity index is 331. The van der Waals surface area contributed by atoms with E-state index in [1.54, 1.807) is 6.07 Å². The van der Waals surface area contributed by atoms with Crippen LogP contribution in [0.2, 0.25) is 0 Å². The standard InChI is InChI=1S/C9H10BrNO3/c10-8-7(3-6-13-8)9(12)11-4-1-2-5-14-11/h3,6H,1-2,4-5H2. The monoisotopic (exact) mass is 259 g/mol. The number of halogens is 1. The second-order valence-corrected chi connectivity index (χ2v) is 3.78. The van der Waals surface area contributed by atoms with Gasteiger partial charge in [-0.3, -0.25) is 9.63 Å². The summed E-state index contributed by atoms with van der Waals surface area (Å²) in [6.07, 6.45) is 3.47. The first-order valence-electron chi connectivity index (χ1n) is 4.47. The zero-order valence-corrected chi connectivity index (χ0v) is 9.12. The highest BCUT2D eigenvalue weighted by molar-refractivity contribution is 9.10. The number of nitrogens with zero attached hydrogens (tertiary/aromatic N) is 1. The van der Waals surface area contributed by atoms with Crippen molar-refractivity contribution in [1.29, 1.82) is 0 Å². The Hall–Kier alpha value is -0.810. The molecule has 1 amide bonds. The van der Waals surface area contributed by atoms with Crippen molar-refractivity contribution >= 4 is 21.8 Å². The minimum Gasteiger partial charge on any atom is -0.457 e. The maximum absolute atomic E-state index is 11.8. The third-order valence-electron chi connectivity index (χ3n) is 2.08. The van der Waals surface area contributed by atoms with Gasteiger partial charge in [0.25, 0.3) is 5.91 Å². The zero-order chi connectivity index (χ0) is 9.97. The van der Waals surface area contributed by atoms with Crippen molar-refractivity contribution < 1.29 is 14.0 Å². The van der Waals surface area contributed by atoms with Gasteiger partial charge in [0, 0.05) is 6.54 Å². The number of rotatable bonds is 1. The van der Waals surface area contributed by atoms with Crippen LogP contribution in [0.25, 0.3) is 0 Å². The molecule has 2 rings (SSSR count). The van der Waals surface area contributed by atoms with E-state index in [1.165, 1.54) is 11.3 Å². The summed E-state index contributed by atoms with van der Waals surface area (Å²) < 4.78 is 5.45. The normalized spacial score (nSPS) is 17.1. The average Bonchev–Trinajstić information content (AvgIpc) is 2.65. The second kappa shape index (κ2) is 4.14. The molecule has 5 heteroatoms. The maximum atomic E-state index is 11.8. The van der Waals surface area contributed by atoms with E-state index in [9.17, 15) is 4.79 Å². The number of hydroxylamine groups is 2. The first kappa shape index (κ1) is 9.73. The molecule has 0 radical (unpaired) electrons. The molecule has 2 heterocycles. The highest BCUT2D eigenvalue weighted by Gasteiger charge is 2.22. The predicted molar refractivity (Wildman–Crippen MR) is 52.6 cm³/mol. The van der Waals surface area contributed by atoms with Crippen molar-refractivity contribution in [3.05, 3.63) is 22.6 Å². The van der Waals surface area contributed by atoms with Crippen LogP contribution in [0.1, 0.15) is 23.2 Å². The van der Waals surface area contributed by atoms with Gasteiger partial charge in [0.1, 0.15) is 0 Å². The molecule has 1 fully saturated rings. The third kappa shape index (κ3) is 1.83. The first-order valence-corrected chi connectivity index (χ1v) is 5.26. The van der Waals surface area contributed by atoms with E-state index >= 15 is 0 Å². The number of carbonyl (C=O) groups is 1. The van der Waals surface area contributed by atoms with Gasteiger partial charge in [-0.05, 0) is 34.8 Å². The third-order valence-corrected chi connectivity index (χ3v) is 2.69. The van der Waals surface area contributed by atoms with Crippen LogP contribution in [0.3, 0.4) is 0 Å². The van der Waals surface area contributed by atoms with Gasteiger partial charge in [-0.15, -0.1) is 0 Å². The van der Waals surface area contributed by atoms with Crippen LogP contribution in [0.4, 0.5) is 0 Å². The lowest BCUT2D eigenvalue weighted by molar-refractivity contribution is -0.144. The van der Waals surface area contributed by atoms with Gasteiger partial charge in [-0.1, -0.05) is 0 Å². The highest BCUT2D eigenvalue weighted by Crippen LogP contribution is 2.20. The molecule has 0 N–H and O–H groups in total. The van der Waals surface area contributed by atoms with E-state index in [-0.39, 0.29) is 5.91 Å². The van der Waals surface area contributed by atoms with Gasteiger partial charge in [0.05, 0.1) is 18.4 Å². The van der Waals surface area contributed by atoms with Gasteiger partial charge >= 0.3 is 0 Å². The molecule has 1 aromatic rings. The molecule has 0 aliphatic carbocycles. The fourth-order valence-electron chi connectivity index (χ4n) is 1.34. The molecule has 0 aromatic carbocycles. The topological polar surface area (TPSA) is 42.7 Å². The van der Waals surface area contributed by atoms with E-state index in [1.807, 2.05) is 0 Å². The molecule has 1 saturated heterocycles. The van der Waals surface area contributed by atoms with Gasteiger partial charge < -0.3 is 4.42 Å². The fourth-order valence-corrected chi connectivity index (χ4v) is 1.75. The van der Waals surface area contributed by atoms with Crippen molar-refractivity contribution in [1.82, 2.24) is 5.06 Å². The average molecular weight is 260 g/mol. The van der Waals surface area contributed by atoms with Crippen molar-refractivity contribution in [2.75, 3.05) is 13.2 Å². The van der Waals surface area contributed by atoms with Crippen molar-refractivity contribution in [2.45, 2.75) is 12.8 Å². The molecule has 0 atom stereocenters. The summed E-state index contributed by atoms with van der Waals surface area (Å²) >= 11 is 3.16. The van der Waals surface area contributed by atoms with E-state index in [2.05, 4.69) is 15.9 Å². The van der Waals surface area contributed by atoms with E-state index in [0.29, 0.717) is 23.4 Å². The molecular weight excluding hydrogens is 250 g/mol. The Morgan fingerprint density at radius 2 is 2.36 bits per heavy atom. The summed E-state index contributed by atoms with van der Waals surface area (Å²) in [6, 6.07) is 1.63. The first-order chi connectivity index (χ1) is 6.79. The fraction of sp³-hybridized carbons (Fsp3) is 0.444. The lowest BCUT2D eigenvalue weighted by Gasteiger charge is -2.25. The summed E-state index contributed by atoms with van der Waals surface area (Å²) in [6.45, 7) is 1.26. The van der Waals surface area contributed by atoms with E-state index in [4.69, 9.17) is 9.25 Å². The Kier molecular flexibility index (Phi) is 2.88. The van der Waals surface area contributed by atoms with Gasteiger partial charge in [-0.25, -0.2) is 5.06 Å². The van der Waals surface area contributed by atoms with Crippen LogP contribution in [-0.2, 0) is 4.84 Å². The molecule has 0 bridgehead atoms. The summed E-state index contributed by atoms with van der Waals surface area (Å²) in [5.41, 5.74) is 0.506. The Morgan fingerprint density at radius 3 is 2.93 bits per heavy atom. The minimum absolute atomic E-state index is 0.148. The molecule has 1 aromatic heterocycles. The molecule has 1 aliphatic heterocycles. The van der Waals surface area contributed by atoms with Gasteiger partial charge in [0.2, 0.25) is 0 Å². The zero-order valence-electron chi connectivity index (χ0n) is 7.53. The van der Waals surface area contributed by atoms with Crippen molar-refractivity contribution in [3.8, 4) is 0 Å². The Balaban J connectivity index is 2.11. The maximum Gasteiger partial charge on any atom is 0.281 e. The highest BCUT2D eigenvalue weighted by atomic mass is 79.9. The van der Waals surface area contributed by atoms with Crippen LogP contribution >= 0.6 is 15.9 Å². The molecule has 4 nitrogen and oxygen atoms in total. The summed E-state index contributed by atoms with van der Waals surface area (Å²) in [5, 5.41) is 1.39. The summed E-state index contributed by atoms with van der Waals surface area (Å²) in [4.78, 5) is 17.0. The number of carbonyl (C=O) groups excluding carboxylic acids is 1. The predicted octanol–water partition coefficient (Wildman–Crippen LogP) is 2.21. The number of furan rings is 1. The number of amides is 1. The molecular formula is C9H10BrNO3. The lowest BCUT2D eigenvalue weighted by atomic mass is 10.2. The van der Waals surface area contributed by atoms with Crippen LogP contribution in [0.15, 0.2) is 21.4 Å². The van der Waals surface area contributed by atoms with E-state index < -0.39 is 0 Å². The molecule has 1 aliphatic rings. The Labute approximate surface area is 89.9 Å². The quantitative estimate of drug-likeness (QED) is 0.777. The van der Waals surface area contributed by atoms with Gasteiger partial charge in [0.15, 0.2) is 4.67 Å². The number of hydrogen-bond acceptors (Lipinski definition) is 3. The second-order valence-electron chi connectivity index (χ2n) is 3.06. The van der Waals surface area contributed by atoms with Crippen molar-refractivity contribution in [2.24, 2.45) is 0 Å². The smallest absolute Gasteiger partial charge is 0.281 e. The largest absolute Gasteiger partial charge is 0.457 e. The van der Waals surface area contributed by atoms with Crippen LogP contribution < -0.4 is 0 Å². The van der Waals surface area contributed by atoms with Crippen LogP contribution in [0, 0.1) is 0 Å². The van der Waals surface area contributed by atoms with Gasteiger partial charge in [-0.2, -0.15) is 0 Å².